The lowest BCUT2D eigenvalue weighted by molar-refractivity contribution is 2.50. The van der Waals surface area contributed by atoms with Crippen LogP contribution in [0.2, 0.25) is 0 Å². The van der Waals surface area contributed by atoms with Crippen LogP contribution in [-0.4, -0.2) is 0 Å². The van der Waals surface area contributed by atoms with Gasteiger partial charge in [0, 0.05) is 4.28 Å². The van der Waals surface area contributed by atoms with E-state index in [1.807, 2.05) is 0 Å². The Bertz CT molecular complexity index is 6.90. The van der Waals surface area contributed by atoms with Crippen molar-refractivity contribution in [2.75, 3.05) is 0 Å². The maximum atomic E-state index is 0. The van der Waals surface area contributed by atoms with Crippen molar-refractivity contribution in [1.29, 1.82) is 0 Å². The summed E-state index contributed by atoms with van der Waals surface area (Å²) in [5.41, 5.74) is 0. The predicted octanol–water partition coefficient (Wildman–Crippen LogP) is 3.28. The van der Waals surface area contributed by atoms with E-state index in [0.29, 0.717) is 0 Å². The van der Waals surface area contributed by atoms with E-state index in [-0.39, 0.29) is 34.0 Å². The Balaban J connectivity index is 0. The van der Waals surface area contributed by atoms with E-state index in [2.05, 4.69) is 0 Å². The van der Waals surface area contributed by atoms with Crippen LogP contribution in [0.15, 0.2) is 0 Å². The van der Waals surface area contributed by atoms with E-state index < -0.39 is 0 Å². The highest BCUT2D eigenvalue weighted by atomic mass is 12.0. The first-order valence-electron chi connectivity index (χ1n) is 0. The Morgan fingerprint density at radius 1 is 0.500 bits per heavy atom. The summed E-state index contributed by atoms with van der Waals surface area (Å²) < 4.78 is 0. The third-order valence-electron chi connectivity index (χ3n) is 0. The molecule has 38 valence electrons. The Morgan fingerprint density at radius 2 is 0.500 bits per heavy atom. The Labute approximate surface area is 35.3 Å². The fraction of sp³-hybridized carbons (Fsp3) is 1.00. The van der Waals surface area contributed by atoms with Crippen LogP contribution in [0.1, 0.15) is 34.0 Å². The maximum absolute atomic E-state index is 0. The van der Waals surface area contributed by atoms with Gasteiger partial charge in [0.25, 0.3) is 0 Å². The molecule has 0 aliphatic heterocycles. The van der Waals surface area contributed by atoms with Gasteiger partial charge in [-0.05, 0) is 0 Å². The van der Waals surface area contributed by atoms with Gasteiger partial charge in [0.1, 0.15) is 0 Å². The largest absolute Gasteiger partial charge is 0.0776 e. The molecule has 0 aliphatic carbocycles. The van der Waals surface area contributed by atoms with E-state index >= 15 is 0 Å². The van der Waals surface area contributed by atoms with Crippen LogP contribution >= 0.6 is 0 Å². The minimum absolute atomic E-state index is 0. The van der Waals surface area contributed by atoms with E-state index in [4.69, 9.17) is 0 Å². The summed E-state index contributed by atoms with van der Waals surface area (Å²) in [4.78, 5) is 0. The molecule has 0 unspecified atom stereocenters. The molecule has 0 saturated carbocycles. The van der Waals surface area contributed by atoms with Crippen molar-refractivity contribution in [3.8, 4) is 0 Å². The molecule has 0 spiro atoms. The highest BCUT2D eigenvalue weighted by molar-refractivity contribution is 2.51. The van der Waals surface area contributed by atoms with Crippen molar-refractivity contribution < 1.29 is 4.28 Å². The molecular formula is C4H22. The normalized spacial score (nSPS) is 0. The third-order valence-corrected chi connectivity index (χ3v) is 0. The molecule has 0 heteroatoms. The zero-order valence-electron chi connectivity index (χ0n) is 0. The molecule has 4 heavy (non-hydrogen) atoms. The molecule has 0 aliphatic rings. The van der Waals surface area contributed by atoms with Crippen molar-refractivity contribution in [3.63, 3.8) is 0 Å². The summed E-state index contributed by atoms with van der Waals surface area (Å²) in [5, 5.41) is 0. The minimum atomic E-state index is 0. The quantitative estimate of drug-likeness (QED) is 0.415. The molecule has 0 N–H and O–H groups in total. The van der Waals surface area contributed by atoms with Crippen molar-refractivity contribution >= 4 is 0 Å². The summed E-state index contributed by atoms with van der Waals surface area (Å²) in [5.74, 6) is 0. The average Bonchev–Trinajstić information content (AvgIpc) is 0. The monoisotopic (exact) mass is 76.2 g/mol. The molecule has 0 heterocycles. The lowest BCUT2D eigenvalue weighted by Gasteiger charge is -0.0786. The summed E-state index contributed by atoms with van der Waals surface area (Å²) >= 11 is 0. The molecule has 0 saturated heterocycles. The number of hydrogen-bond donors (Lipinski definition) is 0. The van der Waals surface area contributed by atoms with Gasteiger partial charge in [-0.3, -0.25) is 0 Å². The lowest BCUT2D eigenvalue weighted by Crippen LogP contribution is 0.143. The summed E-state index contributed by atoms with van der Waals surface area (Å²) in [6.45, 7) is 0. The van der Waals surface area contributed by atoms with Gasteiger partial charge >= 0.3 is 0 Å². The van der Waals surface area contributed by atoms with Crippen molar-refractivity contribution in [2.45, 2.75) is 29.7 Å². The van der Waals surface area contributed by atoms with Crippen LogP contribution in [0, 0.1) is 0 Å². The second kappa shape index (κ2) is 0. The smallest absolute Gasteiger partial charge is 0 e. The second-order valence-electron chi connectivity index (χ2n) is 0. The van der Waals surface area contributed by atoms with Crippen LogP contribution in [0.4, 0.5) is 0 Å². The van der Waals surface area contributed by atoms with Crippen molar-refractivity contribution in [1.82, 2.24) is 0 Å². The van der Waals surface area contributed by atoms with Crippen LogP contribution in [0.25, 0.3) is 0 Å². The van der Waals surface area contributed by atoms with Gasteiger partial charge in [-0.15, -0.1) is 0 Å². The van der Waals surface area contributed by atoms with Gasteiger partial charge in [0.05, 0.1) is 0 Å². The minimum Gasteiger partial charge on any atom is -0.0776 e. The molecule has 0 bridgehead atoms. The molecular weight excluding hydrogens is 48.0 g/mol. The Morgan fingerprint density at radius 3 is 0.500 bits per heavy atom. The number of hydrogen-bond acceptors (Lipinski definition) is 0. The Kier molecular flexibility index (Phi) is 0. The molecule has 0 amide bonds. The second-order valence-corrected chi connectivity index (χ2v) is 0. The van der Waals surface area contributed by atoms with Gasteiger partial charge in [-0.25, -0.2) is 0 Å². The van der Waals surface area contributed by atoms with Crippen LogP contribution in [-0.2, 0) is 0 Å². The number of rotatable bonds is 0. The average molecular weight is 76.2 g/mol. The van der Waals surface area contributed by atoms with Crippen LogP contribution in [0.5, 0.6) is 0 Å². The molecule has 0 nitrogen and oxygen atoms in total. The van der Waals surface area contributed by atoms with E-state index in [1.54, 1.807) is 0 Å². The van der Waals surface area contributed by atoms with E-state index in [0.717, 1.165) is 0 Å². The first kappa shape index (κ1) is 0. The highest BCUT2D eigenvalue weighted by Gasteiger charge is -0.0746. The summed E-state index contributed by atoms with van der Waals surface area (Å²) in [6.07, 6.45) is 0. The zero-order chi connectivity index (χ0) is 0. The first-order chi connectivity index (χ1) is 0. The SMILES string of the molecule is C.C.C.C.[3HH].[3HH].[3HH]. The summed E-state index contributed by atoms with van der Waals surface area (Å²) in [7, 11) is 0. The molecule has 0 radical (unpaired) electrons. The summed E-state index contributed by atoms with van der Waals surface area (Å²) in [6, 6.07) is 0. The van der Waals surface area contributed by atoms with Gasteiger partial charge in [-0.2, -0.15) is 0 Å². The fourth-order valence-electron chi connectivity index (χ4n) is 0. The zero-order valence-corrected chi connectivity index (χ0v) is 0. The first-order valence-corrected chi connectivity index (χ1v) is 0. The topological polar surface area (TPSA) is 0 Å². The molecule has 0 rings (SSSR count). The predicted molar refractivity (Wildman–Crippen MR) is 33.3 cm³/mol. The molecule has 0 aromatic rings. The maximum Gasteiger partial charge on any atom is 0 e. The van der Waals surface area contributed by atoms with Gasteiger partial charge in [0.2, 0.25) is 0 Å². The standard InChI is InChI=1S/4CH4.3H2/h4*1H4;3*1H/i;;;;3*1+2. The Hall–Kier alpha value is 0. The van der Waals surface area contributed by atoms with Crippen molar-refractivity contribution in [2.24, 2.45) is 0 Å². The molecule has 0 aromatic heterocycles. The van der Waals surface area contributed by atoms with Gasteiger partial charge in [-0.1, -0.05) is 29.7 Å². The van der Waals surface area contributed by atoms with E-state index in [1.165, 1.54) is 0 Å². The highest BCUT2D eigenvalue weighted by Crippen LogP contribution is 0.147. The van der Waals surface area contributed by atoms with Crippen LogP contribution < -0.4 is 0 Å². The third kappa shape index (κ3) is 0. The lowest BCUT2D eigenvalue weighted by atomic mass is 12.0. The molecule has 0 atom stereocenters. The molecule has 0 fully saturated rings. The van der Waals surface area contributed by atoms with Gasteiger partial charge in [0.15, 0.2) is 0 Å². The fourth-order valence-corrected chi connectivity index (χ4v) is 0. The van der Waals surface area contributed by atoms with Crippen LogP contribution in [0.3, 0.4) is 0 Å². The van der Waals surface area contributed by atoms with E-state index in [9.17, 15) is 0 Å². The molecule has 0 aromatic carbocycles. The van der Waals surface area contributed by atoms with Gasteiger partial charge < -0.3 is 0 Å². The van der Waals surface area contributed by atoms with Crippen molar-refractivity contribution in [3.05, 3.63) is 0 Å².